The van der Waals surface area contributed by atoms with Gasteiger partial charge < -0.3 is 99.7 Å². The fourth-order valence-corrected chi connectivity index (χ4v) is 14.3. The number of aromatic hydroxyl groups is 2. The molecule has 36 heteroatoms. The first kappa shape index (κ1) is 90.1. The summed E-state index contributed by atoms with van der Waals surface area (Å²) in [6.45, 7) is 12.6. The van der Waals surface area contributed by atoms with E-state index in [1.807, 2.05) is 24.3 Å². The smallest absolute Gasteiger partial charge is 0.303 e. The number of hydrogen-bond donors (Lipinski definition) is 19. The number of primary amides is 1. The van der Waals surface area contributed by atoms with Crippen LogP contribution in [0.5, 0.6) is 11.5 Å². The van der Waals surface area contributed by atoms with Crippen molar-refractivity contribution in [3.63, 3.8) is 0 Å². The summed E-state index contributed by atoms with van der Waals surface area (Å²) in [5, 5.41) is 82.2. The van der Waals surface area contributed by atoms with Crippen LogP contribution in [-0.2, 0) is 99.5 Å². The number of aliphatic hydroxyl groups is 2. The lowest BCUT2D eigenvalue weighted by Gasteiger charge is -2.32. The number of thioether (sulfide) groups is 2. The molecule has 616 valence electrons. The fraction of sp³-hybridized carbons (Fsp3) is 0.474. The molecule has 114 heavy (non-hydrogen) atoms. The van der Waals surface area contributed by atoms with E-state index >= 15 is 4.79 Å². The summed E-state index contributed by atoms with van der Waals surface area (Å²) >= 11 is 2.67. The molecule has 7 rings (SSSR count). The van der Waals surface area contributed by atoms with Crippen LogP contribution in [0, 0.1) is 11.3 Å². The summed E-state index contributed by atoms with van der Waals surface area (Å²) in [6, 6.07) is 4.56. The Kier molecular flexibility index (Phi) is 34.2. The van der Waals surface area contributed by atoms with Crippen molar-refractivity contribution in [2.24, 2.45) is 17.1 Å². The Morgan fingerprint density at radius 1 is 0.553 bits per heavy atom. The van der Waals surface area contributed by atoms with Crippen LogP contribution in [0.3, 0.4) is 0 Å². The Labute approximate surface area is 667 Å². The quantitative estimate of drug-likeness (QED) is 0.0568. The van der Waals surface area contributed by atoms with E-state index in [2.05, 4.69) is 78.4 Å². The highest BCUT2D eigenvalue weighted by molar-refractivity contribution is 7.98. The average Bonchev–Trinajstić information content (AvgIpc) is 1.56. The lowest BCUT2D eigenvalue weighted by Crippen LogP contribution is -2.63. The van der Waals surface area contributed by atoms with Gasteiger partial charge in [-0.05, 0) is 109 Å². The van der Waals surface area contributed by atoms with Crippen molar-refractivity contribution in [2.45, 2.75) is 210 Å². The normalized spacial score (nSPS) is 23.5. The van der Waals surface area contributed by atoms with Gasteiger partial charge in [-0.2, -0.15) is 23.5 Å². The number of carbonyl (C=O) groups excluding carboxylic acids is 12. The van der Waals surface area contributed by atoms with Crippen molar-refractivity contribution in [1.29, 1.82) is 0 Å². The van der Waals surface area contributed by atoms with Crippen LogP contribution in [0.25, 0.3) is 11.0 Å². The Bertz CT molecular complexity index is 4310. The zero-order valence-corrected chi connectivity index (χ0v) is 66.3. The first-order chi connectivity index (χ1) is 54.0. The number of H-pyrrole nitrogens is 2. The predicted octanol–water partition coefficient (Wildman–Crippen LogP) is 0.875. The van der Waals surface area contributed by atoms with Crippen LogP contribution in [-0.4, -0.2) is 212 Å². The monoisotopic (exact) mass is 1620 g/mol. The molecule has 20 N–H and O–H groups in total. The Balaban J connectivity index is 1.26. The molecule has 3 aromatic heterocycles. The number of rotatable bonds is 18. The van der Waals surface area contributed by atoms with Gasteiger partial charge in [-0.3, -0.25) is 62.3 Å². The molecule has 1 aliphatic heterocycles. The number of aliphatic hydroxyl groups excluding tert-OH is 2. The lowest BCUT2D eigenvalue weighted by molar-refractivity contribution is -0.139. The summed E-state index contributed by atoms with van der Waals surface area (Å²) in [7, 11) is 0. The van der Waals surface area contributed by atoms with Gasteiger partial charge in [-0.15, -0.1) is 0 Å². The molecular weight excluding hydrogens is 1510 g/mol. The molecule has 4 heterocycles. The van der Waals surface area contributed by atoms with Crippen LogP contribution in [0.15, 0.2) is 110 Å². The highest BCUT2D eigenvalue weighted by atomic mass is 32.2. The van der Waals surface area contributed by atoms with Gasteiger partial charge in [0.25, 0.3) is 0 Å². The molecule has 0 aliphatic carbocycles. The molecular formula is C78H104N16O18S2. The minimum atomic E-state index is -1.91. The van der Waals surface area contributed by atoms with Gasteiger partial charge in [-0.25, -0.2) is 9.97 Å². The number of carboxylic acid groups (broad SMARTS) is 1. The molecule has 6 aromatic rings. The van der Waals surface area contributed by atoms with E-state index < -0.39 is 180 Å². The molecule has 0 radical (unpaired) electrons. The van der Waals surface area contributed by atoms with Crippen LogP contribution in [0.4, 0.5) is 0 Å². The highest BCUT2D eigenvalue weighted by Crippen LogP contribution is 2.25. The maximum atomic E-state index is 15.1. The van der Waals surface area contributed by atoms with Gasteiger partial charge >= 0.3 is 5.97 Å². The SMILES string of the molecule is CCC[C@@H]1NC(=O)[C@H](Cc2ccc(O)cc2)NC(=O)[C@H](CCC(=O)O)NC(=O)[C@H](CC(C)C)NC(=O)[C@H](Cc2c[nH]c3ncccc23)NC(=O)[C@H]([C@@H](C)O)NC(=O)[C@H](Cc2cnc[nH]2)NC(=O)[C@H](Cc2ccc(O)cc2)NC(=O)[C@H](C(C)(C)C)NC(=O)CCSCc2cccc(c2)CSC[C@@H](C(N)=O)NC(=O)[C@H]([C@@H](C)O)NC1=O. The third-order valence-corrected chi connectivity index (χ3v) is 20.7. The van der Waals surface area contributed by atoms with Crippen molar-refractivity contribution >= 4 is 111 Å². The molecule has 0 spiro atoms. The maximum Gasteiger partial charge on any atom is 0.303 e. The zero-order valence-electron chi connectivity index (χ0n) is 64.7. The van der Waals surface area contributed by atoms with Gasteiger partial charge in [0.1, 0.15) is 83.6 Å². The number of fused-ring (bicyclic) bond motifs is 3. The summed E-state index contributed by atoms with van der Waals surface area (Å²) < 4.78 is 0. The molecule has 0 saturated carbocycles. The second kappa shape index (κ2) is 43.2. The highest BCUT2D eigenvalue weighted by Gasteiger charge is 2.40. The summed E-state index contributed by atoms with van der Waals surface area (Å²) in [5.74, 6) is -12.5. The number of benzene rings is 3. The zero-order chi connectivity index (χ0) is 83.5. The number of aromatic amines is 2. The van der Waals surface area contributed by atoms with Gasteiger partial charge in [-0.1, -0.05) is 96.5 Å². The minimum Gasteiger partial charge on any atom is -0.508 e. The van der Waals surface area contributed by atoms with Crippen molar-refractivity contribution in [2.75, 3.05) is 11.5 Å². The molecule has 3 aromatic carbocycles. The fourth-order valence-electron chi connectivity index (χ4n) is 12.4. The number of hydrogen-bond acceptors (Lipinski definition) is 21. The first-order valence-electron chi connectivity index (χ1n) is 37.4. The van der Waals surface area contributed by atoms with Crippen molar-refractivity contribution in [3.05, 3.63) is 143 Å². The van der Waals surface area contributed by atoms with E-state index in [0.717, 1.165) is 11.1 Å². The standard InChI is InChI=1S/C78H104N16O18S2/c1-9-12-53-69(104)93-64(43(5)96)76(111)91-60(66(79)102)39-114-38-47-14-10-13-46(30-47)37-113-28-26-61(99)92-65(78(6,7)8)77(112)90-57(32-45-18-22-51(98)23-19-45)72(107)88-59(34-49-36-80-40-83-49)74(109)94-63(42(4)95)75(110)89-58(33-48-35-82-67-52(48)15-11-27-81-67)73(108)86-55(29-41(2)3)70(105)85-54(24-25-62(100)101)68(103)87-56(71(106)84-53)31-44-16-20-50(97)21-17-44/h10-11,13-23,27,30,35-36,40-43,53-60,63-65,95-98H,9,12,24-26,28-29,31-34,37-39H2,1-8H3,(H2,79,102)(H,80,83)(H,81,82)(H,84,106)(H,85,105)(H,86,108)(H,87,103)(H,88,107)(H,89,110)(H,90,112)(H,91,111)(H,92,99)(H,93,104)(H,94,109)(H,100,101)/t42-,43-,53+,54+,55+,56+,57+,58+,59+,60+,63+,64+,65-/m1/s1. The minimum absolute atomic E-state index is 0.0420. The number of carboxylic acids is 1. The van der Waals surface area contributed by atoms with E-state index in [4.69, 9.17) is 5.73 Å². The van der Waals surface area contributed by atoms with Crippen LogP contribution >= 0.6 is 23.5 Å². The number of pyridine rings is 1. The van der Waals surface area contributed by atoms with Gasteiger partial charge in [0.05, 0.1) is 18.5 Å². The molecule has 0 saturated heterocycles. The topological polar surface area (TPSA) is 539 Å². The van der Waals surface area contributed by atoms with E-state index in [0.29, 0.717) is 50.7 Å². The number of phenolic OH excluding ortho intramolecular Hbond substituents is 2. The third-order valence-electron chi connectivity index (χ3n) is 18.6. The number of nitrogens with two attached hydrogens (primary N) is 1. The van der Waals surface area contributed by atoms with Gasteiger partial charge in [0, 0.05) is 91.2 Å². The number of aliphatic carboxylic acids is 1. The number of nitrogens with zero attached hydrogens (tertiary/aromatic N) is 2. The van der Waals surface area contributed by atoms with Crippen LogP contribution < -0.4 is 64.2 Å². The largest absolute Gasteiger partial charge is 0.508 e. The van der Waals surface area contributed by atoms with Crippen molar-refractivity contribution < 1.29 is 87.9 Å². The number of imidazole rings is 1. The first-order valence-corrected chi connectivity index (χ1v) is 39.7. The van der Waals surface area contributed by atoms with Crippen LogP contribution in [0.1, 0.15) is 127 Å². The van der Waals surface area contributed by atoms with Gasteiger partial charge in [0.15, 0.2) is 0 Å². The molecule has 13 atom stereocenters. The molecule has 0 fully saturated rings. The van der Waals surface area contributed by atoms with E-state index in [1.54, 1.807) is 53.7 Å². The Hall–Kier alpha value is -11.1. The second-order valence-electron chi connectivity index (χ2n) is 29.6. The molecule has 1 aliphatic rings. The van der Waals surface area contributed by atoms with Gasteiger partial charge in [0.2, 0.25) is 70.9 Å². The molecule has 2 bridgehead atoms. The number of nitrogens with one attached hydrogen (secondary N) is 13. The number of carbonyl (C=O) groups is 13. The average molecular weight is 1620 g/mol. The predicted molar refractivity (Wildman–Crippen MR) is 424 cm³/mol. The molecule has 0 unspecified atom stereocenters. The van der Waals surface area contributed by atoms with E-state index in [-0.39, 0.29) is 68.6 Å². The maximum absolute atomic E-state index is 15.1. The molecule has 34 nitrogen and oxygen atoms in total. The number of amides is 12. The van der Waals surface area contributed by atoms with E-state index in [9.17, 15) is 83.1 Å². The summed E-state index contributed by atoms with van der Waals surface area (Å²) in [5.41, 5.74) is 8.42. The second-order valence-corrected chi connectivity index (χ2v) is 31.8. The molecule has 12 amide bonds. The summed E-state index contributed by atoms with van der Waals surface area (Å²) in [6.07, 6.45) is -0.230. The Morgan fingerprint density at radius 2 is 1.04 bits per heavy atom. The Morgan fingerprint density at radius 3 is 1.56 bits per heavy atom. The third kappa shape index (κ3) is 28.2. The summed E-state index contributed by atoms with van der Waals surface area (Å²) in [4.78, 5) is 201. The lowest BCUT2D eigenvalue weighted by atomic mass is 9.85. The van der Waals surface area contributed by atoms with Crippen molar-refractivity contribution in [1.82, 2.24) is 78.4 Å². The van der Waals surface area contributed by atoms with Crippen LogP contribution in [0.2, 0.25) is 0 Å². The number of phenols is 2. The van der Waals surface area contributed by atoms with E-state index in [1.165, 1.54) is 111 Å². The number of aromatic nitrogens is 4. The van der Waals surface area contributed by atoms with Crippen molar-refractivity contribution in [3.8, 4) is 11.5 Å².